The maximum absolute atomic E-state index is 11.6. The molecule has 0 spiro atoms. The second kappa shape index (κ2) is 4.53. The molecule has 17 heavy (non-hydrogen) atoms. The Labute approximate surface area is 101 Å². The molecule has 2 rings (SSSR count). The molecule has 1 atom stereocenters. The molecule has 1 amide bonds. The molecular formula is C14H15NO2. The van der Waals surface area contributed by atoms with Crippen LogP contribution in [-0.4, -0.2) is 11.7 Å². The average Bonchev–Trinajstić information content (AvgIpc) is 2.29. The Morgan fingerprint density at radius 2 is 2.00 bits per heavy atom. The molecule has 0 bridgehead atoms. The fourth-order valence-corrected chi connectivity index (χ4v) is 2.35. The van der Waals surface area contributed by atoms with Gasteiger partial charge in [-0.15, -0.1) is 6.58 Å². The number of benzene rings is 1. The number of carbonyl (C=O) groups is 2. The smallest absolute Gasteiger partial charge is 0.228 e. The fourth-order valence-electron chi connectivity index (χ4n) is 2.35. The van der Waals surface area contributed by atoms with Crippen molar-refractivity contribution in [3.05, 3.63) is 48.6 Å². The van der Waals surface area contributed by atoms with Gasteiger partial charge in [0.2, 0.25) is 5.91 Å². The highest BCUT2D eigenvalue weighted by molar-refractivity contribution is 6.01. The highest BCUT2D eigenvalue weighted by Crippen LogP contribution is 2.32. The standard InChI is InChI=1S/C14H15NO2/c1-2-8-14(11-6-4-3-5-7-11)10-12(16)9-13(17)15-14/h2-7H,1,8-10H2,(H,15,17). The summed E-state index contributed by atoms with van der Waals surface area (Å²) < 4.78 is 0. The molecule has 1 aromatic rings. The third-order valence-electron chi connectivity index (χ3n) is 3.05. The molecule has 1 aromatic carbocycles. The maximum atomic E-state index is 11.6. The first-order valence-electron chi connectivity index (χ1n) is 5.65. The number of carbonyl (C=O) groups excluding carboxylic acids is 2. The number of nitrogens with one attached hydrogen (secondary N) is 1. The molecule has 0 aromatic heterocycles. The third-order valence-corrected chi connectivity index (χ3v) is 3.05. The van der Waals surface area contributed by atoms with E-state index in [1.54, 1.807) is 6.08 Å². The van der Waals surface area contributed by atoms with E-state index in [1.165, 1.54) is 0 Å². The predicted molar refractivity (Wildman–Crippen MR) is 65.3 cm³/mol. The number of hydrogen-bond donors (Lipinski definition) is 1. The molecule has 0 saturated carbocycles. The Kier molecular flexibility index (Phi) is 3.09. The number of hydrogen-bond acceptors (Lipinski definition) is 2. The summed E-state index contributed by atoms with van der Waals surface area (Å²) in [4.78, 5) is 23.2. The van der Waals surface area contributed by atoms with Gasteiger partial charge < -0.3 is 5.32 Å². The van der Waals surface area contributed by atoms with E-state index in [-0.39, 0.29) is 18.1 Å². The minimum Gasteiger partial charge on any atom is -0.345 e. The molecule has 0 radical (unpaired) electrons. The molecule has 1 aliphatic heterocycles. The summed E-state index contributed by atoms with van der Waals surface area (Å²) in [5.41, 5.74) is 0.358. The average molecular weight is 229 g/mol. The van der Waals surface area contributed by atoms with Crippen LogP contribution in [0.15, 0.2) is 43.0 Å². The van der Waals surface area contributed by atoms with Gasteiger partial charge in [-0.3, -0.25) is 9.59 Å². The van der Waals surface area contributed by atoms with E-state index in [1.807, 2.05) is 30.3 Å². The number of rotatable bonds is 3. The minimum absolute atomic E-state index is 0.00821. The van der Waals surface area contributed by atoms with Gasteiger partial charge in [0.15, 0.2) is 0 Å². The van der Waals surface area contributed by atoms with Crippen molar-refractivity contribution in [3.63, 3.8) is 0 Å². The van der Waals surface area contributed by atoms with Gasteiger partial charge in [0, 0.05) is 6.42 Å². The van der Waals surface area contributed by atoms with Crippen molar-refractivity contribution >= 4 is 11.7 Å². The molecular weight excluding hydrogens is 214 g/mol. The first-order valence-corrected chi connectivity index (χ1v) is 5.65. The number of Topliss-reactive ketones (excluding diaryl/α,β-unsaturated/α-hetero) is 1. The summed E-state index contributed by atoms with van der Waals surface area (Å²) in [5.74, 6) is -0.216. The lowest BCUT2D eigenvalue weighted by molar-refractivity contribution is -0.134. The molecule has 1 saturated heterocycles. The predicted octanol–water partition coefficient (Wildman–Crippen LogP) is 1.94. The van der Waals surface area contributed by atoms with E-state index in [0.717, 1.165) is 5.56 Å². The van der Waals surface area contributed by atoms with Crippen LogP contribution in [0.25, 0.3) is 0 Å². The Morgan fingerprint density at radius 1 is 1.29 bits per heavy atom. The van der Waals surface area contributed by atoms with Crippen molar-refractivity contribution in [2.75, 3.05) is 0 Å². The van der Waals surface area contributed by atoms with Crippen LogP contribution >= 0.6 is 0 Å². The Morgan fingerprint density at radius 3 is 2.59 bits per heavy atom. The van der Waals surface area contributed by atoms with Crippen molar-refractivity contribution in [3.8, 4) is 0 Å². The Bertz CT molecular complexity index is 435. The van der Waals surface area contributed by atoms with Gasteiger partial charge in [-0.25, -0.2) is 0 Å². The van der Waals surface area contributed by atoms with Gasteiger partial charge in [-0.1, -0.05) is 36.4 Å². The zero-order valence-electron chi connectivity index (χ0n) is 9.61. The Hall–Kier alpha value is -1.90. The first kappa shape index (κ1) is 11.6. The van der Waals surface area contributed by atoms with Crippen molar-refractivity contribution < 1.29 is 9.59 Å². The van der Waals surface area contributed by atoms with Crippen LogP contribution in [0.5, 0.6) is 0 Å². The van der Waals surface area contributed by atoms with Gasteiger partial charge >= 0.3 is 0 Å². The largest absolute Gasteiger partial charge is 0.345 e. The molecule has 3 heteroatoms. The van der Waals surface area contributed by atoms with Crippen molar-refractivity contribution in [1.29, 1.82) is 0 Å². The quantitative estimate of drug-likeness (QED) is 0.636. The summed E-state index contributed by atoms with van der Waals surface area (Å²) in [5, 5.41) is 2.95. The summed E-state index contributed by atoms with van der Waals surface area (Å²) in [7, 11) is 0. The van der Waals surface area contributed by atoms with E-state index in [0.29, 0.717) is 12.8 Å². The molecule has 3 nitrogen and oxygen atoms in total. The normalized spacial score (nSPS) is 24.2. The van der Waals surface area contributed by atoms with Crippen LogP contribution < -0.4 is 5.32 Å². The van der Waals surface area contributed by atoms with Crippen molar-refractivity contribution in [2.24, 2.45) is 0 Å². The molecule has 1 fully saturated rings. The highest BCUT2D eigenvalue weighted by Gasteiger charge is 2.39. The SMILES string of the molecule is C=CCC1(c2ccccc2)CC(=O)CC(=O)N1. The summed E-state index contributed by atoms with van der Waals surface area (Å²) >= 11 is 0. The van der Waals surface area contributed by atoms with Crippen LogP contribution in [0.3, 0.4) is 0 Å². The van der Waals surface area contributed by atoms with Crippen molar-refractivity contribution in [1.82, 2.24) is 5.32 Å². The highest BCUT2D eigenvalue weighted by atomic mass is 16.2. The van der Waals surface area contributed by atoms with Crippen LogP contribution in [0.4, 0.5) is 0 Å². The molecule has 1 heterocycles. The minimum atomic E-state index is -0.602. The second-order valence-electron chi connectivity index (χ2n) is 4.38. The van der Waals surface area contributed by atoms with Gasteiger partial charge in [0.25, 0.3) is 0 Å². The lowest BCUT2D eigenvalue weighted by Crippen LogP contribution is -2.51. The first-order chi connectivity index (χ1) is 8.16. The number of amides is 1. The number of piperidine rings is 1. The zero-order chi connectivity index (χ0) is 12.3. The van der Waals surface area contributed by atoms with Crippen molar-refractivity contribution in [2.45, 2.75) is 24.8 Å². The van der Waals surface area contributed by atoms with Crippen LogP contribution in [0.1, 0.15) is 24.8 Å². The van der Waals surface area contributed by atoms with Gasteiger partial charge in [0.05, 0.1) is 12.0 Å². The summed E-state index contributed by atoms with van der Waals surface area (Å²) in [6, 6.07) is 9.60. The van der Waals surface area contributed by atoms with Crippen LogP contribution in [0.2, 0.25) is 0 Å². The Balaban J connectivity index is 2.41. The maximum Gasteiger partial charge on any atom is 0.228 e. The van der Waals surface area contributed by atoms with Crippen LogP contribution in [0, 0.1) is 0 Å². The molecule has 1 unspecified atom stereocenters. The summed E-state index contributed by atoms with van der Waals surface area (Å²) in [6.07, 6.45) is 2.64. The summed E-state index contributed by atoms with van der Waals surface area (Å²) in [6.45, 7) is 3.71. The van der Waals surface area contributed by atoms with Crippen LogP contribution in [-0.2, 0) is 15.1 Å². The molecule has 1 N–H and O–H groups in total. The van der Waals surface area contributed by atoms with Gasteiger partial charge in [-0.2, -0.15) is 0 Å². The van der Waals surface area contributed by atoms with E-state index >= 15 is 0 Å². The van der Waals surface area contributed by atoms with Gasteiger partial charge in [-0.05, 0) is 12.0 Å². The lowest BCUT2D eigenvalue weighted by Gasteiger charge is -2.37. The van der Waals surface area contributed by atoms with Gasteiger partial charge in [0.1, 0.15) is 5.78 Å². The third kappa shape index (κ3) is 2.28. The lowest BCUT2D eigenvalue weighted by atomic mass is 9.79. The topological polar surface area (TPSA) is 46.2 Å². The van der Waals surface area contributed by atoms with E-state index in [9.17, 15) is 9.59 Å². The number of ketones is 1. The fraction of sp³-hybridized carbons (Fsp3) is 0.286. The zero-order valence-corrected chi connectivity index (χ0v) is 9.61. The second-order valence-corrected chi connectivity index (χ2v) is 4.38. The van der Waals surface area contributed by atoms with E-state index < -0.39 is 5.54 Å². The molecule has 1 aliphatic rings. The van der Waals surface area contributed by atoms with E-state index in [4.69, 9.17) is 0 Å². The monoisotopic (exact) mass is 229 g/mol. The van der Waals surface area contributed by atoms with E-state index in [2.05, 4.69) is 11.9 Å². The molecule has 0 aliphatic carbocycles. The molecule has 88 valence electrons.